The predicted octanol–water partition coefficient (Wildman–Crippen LogP) is 5.05. The van der Waals surface area contributed by atoms with Crippen molar-refractivity contribution >= 4 is 22.8 Å². The number of imidazole rings is 1. The van der Waals surface area contributed by atoms with Crippen molar-refractivity contribution in [2.45, 2.75) is 57.0 Å². The molecule has 2 aromatic carbocycles. The van der Waals surface area contributed by atoms with E-state index in [4.69, 9.17) is 0 Å². The van der Waals surface area contributed by atoms with Crippen LogP contribution in [0.3, 0.4) is 0 Å². The molecule has 5 rings (SSSR count). The average Bonchev–Trinajstić information content (AvgIpc) is 3.32. The van der Waals surface area contributed by atoms with Crippen LogP contribution in [0, 0.1) is 0 Å². The Bertz CT molecular complexity index is 1520. The molecule has 3 aromatic rings. The molecular formula is C30H33F6N5O3. The second kappa shape index (κ2) is 12.7. The lowest BCUT2D eigenvalue weighted by molar-refractivity contribution is -0.144. The number of halogens is 6. The molecule has 0 unspecified atom stereocenters. The van der Waals surface area contributed by atoms with Crippen molar-refractivity contribution in [1.82, 2.24) is 24.3 Å². The highest BCUT2D eigenvalue weighted by molar-refractivity contribution is 5.81. The van der Waals surface area contributed by atoms with Crippen LogP contribution in [0.5, 0.6) is 0 Å². The number of fused-ring (bicyclic) bond motifs is 1. The summed E-state index contributed by atoms with van der Waals surface area (Å²) < 4.78 is 82.7. The van der Waals surface area contributed by atoms with Gasteiger partial charge in [0.2, 0.25) is 11.8 Å². The molecule has 0 spiro atoms. The largest absolute Gasteiger partial charge is 0.416 e. The number of benzene rings is 2. The number of H-pyrrole nitrogens is 1. The molecule has 1 N–H and O–H groups in total. The molecule has 8 nitrogen and oxygen atoms in total. The molecule has 0 aliphatic carbocycles. The van der Waals surface area contributed by atoms with Crippen LogP contribution >= 0.6 is 0 Å². The second-order valence-corrected chi connectivity index (χ2v) is 11.4. The van der Waals surface area contributed by atoms with Crippen LogP contribution in [-0.2, 0) is 28.5 Å². The van der Waals surface area contributed by atoms with E-state index in [-0.39, 0.29) is 42.4 Å². The Hall–Kier alpha value is -3.81. The highest BCUT2D eigenvalue weighted by atomic mass is 19.4. The maximum atomic E-state index is 13.5. The number of hydrogen-bond donors (Lipinski definition) is 1. The van der Waals surface area contributed by atoms with Gasteiger partial charge in [0.15, 0.2) is 0 Å². The van der Waals surface area contributed by atoms with Gasteiger partial charge in [-0.2, -0.15) is 26.3 Å². The van der Waals surface area contributed by atoms with Crippen molar-refractivity contribution in [3.8, 4) is 0 Å². The summed E-state index contributed by atoms with van der Waals surface area (Å²) in [4.78, 5) is 46.4. The normalized spacial score (nSPS) is 17.1. The summed E-state index contributed by atoms with van der Waals surface area (Å²) in [5.41, 5.74) is -2.00. The standard InChI is InChI=1S/C30H33F6N5O3/c31-29(32,33)21-14-20(15-22(16-21)30(34,35)36)17-38(18-26(42)39-10-4-1-5-11-39)19-27(43)40-12-8-23(9-13-40)41-25-7-3-2-6-24(25)37-28(41)44/h2-3,6-7,14-16,23H,1,4-5,8-13,17-19H2,(H,37,44). The Labute approximate surface area is 249 Å². The molecule has 2 amide bonds. The number of hydrogen-bond acceptors (Lipinski definition) is 4. The summed E-state index contributed by atoms with van der Waals surface area (Å²) in [5.74, 6) is -0.734. The summed E-state index contributed by atoms with van der Waals surface area (Å²) in [6.07, 6.45) is -6.54. The molecule has 238 valence electrons. The first-order valence-electron chi connectivity index (χ1n) is 14.5. The van der Waals surface area contributed by atoms with Crippen LogP contribution in [0.2, 0.25) is 0 Å². The third-order valence-electron chi connectivity index (χ3n) is 8.29. The molecule has 14 heteroatoms. The number of aromatic amines is 1. The third kappa shape index (κ3) is 7.28. The van der Waals surface area contributed by atoms with Gasteiger partial charge in [-0.05, 0) is 68.0 Å². The minimum Gasteiger partial charge on any atom is -0.342 e. The van der Waals surface area contributed by atoms with E-state index in [9.17, 15) is 40.7 Å². The highest BCUT2D eigenvalue weighted by Gasteiger charge is 2.37. The van der Waals surface area contributed by atoms with Crippen molar-refractivity contribution in [2.24, 2.45) is 0 Å². The highest BCUT2D eigenvalue weighted by Crippen LogP contribution is 2.36. The Morgan fingerprint density at radius 1 is 0.795 bits per heavy atom. The molecule has 0 atom stereocenters. The number of amides is 2. The zero-order valence-corrected chi connectivity index (χ0v) is 23.9. The topological polar surface area (TPSA) is 81.6 Å². The number of carbonyl (C=O) groups excluding carboxylic acids is 2. The van der Waals surface area contributed by atoms with Gasteiger partial charge >= 0.3 is 18.0 Å². The molecule has 0 saturated carbocycles. The first-order chi connectivity index (χ1) is 20.8. The lowest BCUT2D eigenvalue weighted by Crippen LogP contribution is -2.48. The molecule has 1 aromatic heterocycles. The summed E-state index contributed by atoms with van der Waals surface area (Å²) in [6, 6.07) is 8.42. The Morgan fingerprint density at radius 2 is 1.34 bits per heavy atom. The van der Waals surface area contributed by atoms with E-state index < -0.39 is 35.9 Å². The van der Waals surface area contributed by atoms with Crippen LogP contribution in [0.4, 0.5) is 26.3 Å². The van der Waals surface area contributed by atoms with Gasteiger partial charge in [-0.25, -0.2) is 4.79 Å². The lowest BCUT2D eigenvalue weighted by atomic mass is 10.0. The average molecular weight is 626 g/mol. The lowest BCUT2D eigenvalue weighted by Gasteiger charge is -2.34. The molecule has 0 bridgehead atoms. The van der Waals surface area contributed by atoms with E-state index in [0.717, 1.165) is 24.8 Å². The molecule has 2 aliphatic heterocycles. The quantitative estimate of drug-likeness (QED) is 0.373. The number of nitrogens with one attached hydrogen (secondary N) is 1. The van der Waals surface area contributed by atoms with Gasteiger partial charge in [-0.3, -0.25) is 19.1 Å². The van der Waals surface area contributed by atoms with Gasteiger partial charge in [-0.15, -0.1) is 0 Å². The van der Waals surface area contributed by atoms with Gasteiger partial charge in [-0.1, -0.05) is 12.1 Å². The fourth-order valence-corrected chi connectivity index (χ4v) is 6.07. The zero-order valence-electron chi connectivity index (χ0n) is 23.9. The number of para-hydroxylation sites is 2. The summed E-state index contributed by atoms with van der Waals surface area (Å²) in [6.45, 7) is 0.446. The molecule has 3 heterocycles. The van der Waals surface area contributed by atoms with Crippen molar-refractivity contribution < 1.29 is 35.9 Å². The fraction of sp³-hybridized carbons (Fsp3) is 0.500. The van der Waals surface area contributed by atoms with Crippen molar-refractivity contribution in [3.05, 3.63) is 69.6 Å². The Morgan fingerprint density at radius 3 is 1.91 bits per heavy atom. The molecule has 44 heavy (non-hydrogen) atoms. The van der Waals surface area contributed by atoms with Crippen molar-refractivity contribution in [1.29, 1.82) is 0 Å². The minimum atomic E-state index is -5.02. The smallest absolute Gasteiger partial charge is 0.342 e. The molecule has 2 aliphatic rings. The summed E-state index contributed by atoms with van der Waals surface area (Å²) in [7, 11) is 0. The monoisotopic (exact) mass is 625 g/mol. The summed E-state index contributed by atoms with van der Waals surface area (Å²) >= 11 is 0. The number of nitrogens with zero attached hydrogens (tertiary/aromatic N) is 4. The van der Waals surface area contributed by atoms with Gasteiger partial charge < -0.3 is 14.8 Å². The van der Waals surface area contributed by atoms with E-state index in [0.29, 0.717) is 56.7 Å². The van der Waals surface area contributed by atoms with Crippen LogP contribution in [-0.4, -0.2) is 75.3 Å². The molecule has 0 radical (unpaired) electrons. The van der Waals surface area contributed by atoms with E-state index in [1.54, 1.807) is 20.4 Å². The Kier molecular flexibility index (Phi) is 9.10. The molecular weight excluding hydrogens is 592 g/mol. The first kappa shape index (κ1) is 31.6. The van der Waals surface area contributed by atoms with E-state index in [2.05, 4.69) is 4.98 Å². The number of carbonyl (C=O) groups is 2. The van der Waals surface area contributed by atoms with E-state index in [1.165, 1.54) is 4.90 Å². The van der Waals surface area contributed by atoms with Crippen LogP contribution in [0.15, 0.2) is 47.3 Å². The zero-order chi connectivity index (χ0) is 31.6. The SMILES string of the molecule is O=C(CN(CC(=O)N1CCC(n2c(=O)[nH]c3ccccc32)CC1)Cc1cc(C(F)(F)F)cc(C(F)(F)F)c1)N1CCCCC1. The Balaban J connectivity index is 1.32. The fourth-order valence-electron chi connectivity index (χ4n) is 6.07. The van der Waals surface area contributed by atoms with E-state index >= 15 is 0 Å². The number of piperidine rings is 2. The van der Waals surface area contributed by atoms with Crippen molar-refractivity contribution in [3.63, 3.8) is 0 Å². The van der Waals surface area contributed by atoms with Crippen molar-refractivity contribution in [2.75, 3.05) is 39.3 Å². The third-order valence-corrected chi connectivity index (χ3v) is 8.29. The number of likely N-dealkylation sites (tertiary alicyclic amines) is 2. The van der Waals surface area contributed by atoms with Gasteiger partial charge in [0, 0.05) is 38.8 Å². The molecule has 2 saturated heterocycles. The van der Waals surface area contributed by atoms with E-state index in [1.807, 2.05) is 18.2 Å². The van der Waals surface area contributed by atoms with Gasteiger partial charge in [0.05, 0.1) is 35.2 Å². The number of aromatic nitrogens is 2. The summed E-state index contributed by atoms with van der Waals surface area (Å²) in [5, 5.41) is 0. The van der Waals surface area contributed by atoms with Crippen LogP contribution in [0.1, 0.15) is 54.8 Å². The van der Waals surface area contributed by atoms with Crippen LogP contribution in [0.25, 0.3) is 11.0 Å². The minimum absolute atomic E-state index is 0.0566. The number of rotatable bonds is 7. The molecule has 2 fully saturated rings. The predicted molar refractivity (Wildman–Crippen MR) is 150 cm³/mol. The van der Waals surface area contributed by atoms with Crippen LogP contribution < -0.4 is 5.69 Å². The van der Waals surface area contributed by atoms with Gasteiger partial charge in [0.25, 0.3) is 0 Å². The number of alkyl halides is 6. The second-order valence-electron chi connectivity index (χ2n) is 11.4. The maximum absolute atomic E-state index is 13.5. The van der Waals surface area contributed by atoms with Gasteiger partial charge in [0.1, 0.15) is 0 Å². The maximum Gasteiger partial charge on any atom is 0.416 e. The first-order valence-corrected chi connectivity index (χ1v) is 14.5.